The molecule has 7 unspecified atom stereocenters. The summed E-state index contributed by atoms with van der Waals surface area (Å²) in [5.41, 5.74) is 0. The number of ether oxygens (including phenoxy) is 3. The quantitative estimate of drug-likeness (QED) is 0.0195. The minimum absolute atomic E-state index is 0.0101. The van der Waals surface area contributed by atoms with E-state index in [9.17, 15) is 35.1 Å². The molecule has 7 atom stereocenters. The summed E-state index contributed by atoms with van der Waals surface area (Å²) in [4.78, 5) is 25.2. The molecule has 11 nitrogen and oxygen atoms in total. The Kier molecular flexibility index (Phi) is 66.6. The number of aliphatic hydroxyl groups excluding tert-OH is 5. The molecule has 540 valence electrons. The van der Waals surface area contributed by atoms with Crippen LogP contribution in [0.1, 0.15) is 393 Å². The van der Waals surface area contributed by atoms with Crippen LogP contribution in [0.2, 0.25) is 0 Å². The number of carbonyl (C=O) groups is 2. The van der Waals surface area contributed by atoms with Gasteiger partial charge in [-0.1, -0.05) is 339 Å². The molecule has 0 aromatic rings. The van der Waals surface area contributed by atoms with Gasteiger partial charge in [0.05, 0.1) is 32.0 Å². The minimum atomic E-state index is -1.57. The predicted octanol–water partition coefficient (Wildman–Crippen LogP) is 21.5. The molecule has 0 spiro atoms. The summed E-state index contributed by atoms with van der Waals surface area (Å²) >= 11 is 0. The Hall–Kier alpha value is -2.38. The van der Waals surface area contributed by atoms with E-state index in [1.807, 2.05) is 6.08 Å². The van der Waals surface area contributed by atoms with E-state index in [0.717, 1.165) is 64.2 Å². The lowest BCUT2D eigenvalue weighted by Crippen LogP contribution is -2.60. The van der Waals surface area contributed by atoms with Gasteiger partial charge in [-0.25, -0.2) is 0 Å². The highest BCUT2D eigenvalue weighted by Crippen LogP contribution is 2.24. The number of esters is 1. The van der Waals surface area contributed by atoms with Crippen molar-refractivity contribution in [3.63, 3.8) is 0 Å². The number of hydrogen-bond donors (Lipinski definition) is 6. The smallest absolute Gasteiger partial charge is 0.305 e. The van der Waals surface area contributed by atoms with E-state index >= 15 is 0 Å². The first-order chi connectivity index (χ1) is 45.2. The molecule has 1 heterocycles. The van der Waals surface area contributed by atoms with Crippen molar-refractivity contribution in [1.82, 2.24) is 5.32 Å². The van der Waals surface area contributed by atoms with Crippen LogP contribution >= 0.6 is 0 Å². The number of nitrogens with one attached hydrogen (secondary N) is 1. The SMILES string of the molecule is CCCCCCCCC/C=C\CCCCCCCCCC(=O)OCCCCCCCCCCCCCCC/C=C\C/C=C\CCCCCCCCCCCCCCCCCCCC(=O)NC(COC1OC(CO)C(O)C(O)C1O)C(O)/C=C/CCCCCCCCC. The van der Waals surface area contributed by atoms with Crippen LogP contribution in [0.4, 0.5) is 0 Å². The van der Waals surface area contributed by atoms with Crippen LogP contribution in [-0.4, -0.2) is 100 Å². The fourth-order valence-corrected chi connectivity index (χ4v) is 12.6. The molecule has 6 N–H and O–H groups in total. The summed E-state index contributed by atoms with van der Waals surface area (Å²) in [5.74, 6) is -0.170. The topological polar surface area (TPSA) is 175 Å². The van der Waals surface area contributed by atoms with E-state index in [0.29, 0.717) is 19.4 Å². The van der Waals surface area contributed by atoms with Gasteiger partial charge in [0.25, 0.3) is 0 Å². The number of allylic oxidation sites excluding steroid dienone is 7. The molecule has 1 rings (SSSR count). The largest absolute Gasteiger partial charge is 0.466 e. The van der Waals surface area contributed by atoms with Gasteiger partial charge in [0.15, 0.2) is 6.29 Å². The van der Waals surface area contributed by atoms with Gasteiger partial charge in [-0.3, -0.25) is 9.59 Å². The van der Waals surface area contributed by atoms with Gasteiger partial charge in [0.1, 0.15) is 24.4 Å². The van der Waals surface area contributed by atoms with Crippen LogP contribution < -0.4 is 5.32 Å². The van der Waals surface area contributed by atoms with Crippen molar-refractivity contribution in [2.75, 3.05) is 19.8 Å². The molecule has 0 radical (unpaired) electrons. The maximum absolute atomic E-state index is 13.0. The number of aliphatic hydroxyl groups is 5. The average molecular weight is 1300 g/mol. The molecular weight excluding hydrogens is 1150 g/mol. The average Bonchev–Trinajstić information content (AvgIpc) is 1.07. The second kappa shape index (κ2) is 70.0. The Labute approximate surface area is 567 Å². The molecule has 92 heavy (non-hydrogen) atoms. The predicted molar refractivity (Wildman–Crippen MR) is 389 cm³/mol. The lowest BCUT2D eigenvalue weighted by Gasteiger charge is -2.40. The third kappa shape index (κ3) is 57.8. The van der Waals surface area contributed by atoms with Crippen molar-refractivity contribution in [2.24, 2.45) is 0 Å². The normalized spacial score (nSPS) is 17.8. The fraction of sp³-hybridized carbons (Fsp3) is 0.877. The van der Waals surface area contributed by atoms with Gasteiger partial charge in [0.2, 0.25) is 5.91 Å². The molecule has 0 saturated carbocycles. The zero-order chi connectivity index (χ0) is 66.5. The monoisotopic (exact) mass is 1300 g/mol. The van der Waals surface area contributed by atoms with Crippen LogP contribution in [0.15, 0.2) is 48.6 Å². The molecule has 1 fully saturated rings. The first-order valence-corrected chi connectivity index (χ1v) is 39.9. The van der Waals surface area contributed by atoms with Gasteiger partial charge >= 0.3 is 5.97 Å². The first kappa shape index (κ1) is 87.6. The van der Waals surface area contributed by atoms with Crippen molar-refractivity contribution in [2.45, 2.75) is 436 Å². The molecule has 0 aliphatic carbocycles. The molecule has 11 heteroatoms. The van der Waals surface area contributed by atoms with Crippen LogP contribution in [-0.2, 0) is 23.8 Å². The zero-order valence-corrected chi connectivity index (χ0v) is 60.3. The van der Waals surface area contributed by atoms with E-state index in [2.05, 4.69) is 55.6 Å². The van der Waals surface area contributed by atoms with Crippen LogP contribution in [0.3, 0.4) is 0 Å². The second-order valence-electron chi connectivity index (χ2n) is 27.8. The van der Waals surface area contributed by atoms with Crippen molar-refractivity contribution in [3.05, 3.63) is 48.6 Å². The standard InChI is InChI=1S/C81H151NO10/c1-3-5-7-9-11-13-14-15-16-17-40-43-46-49-53-57-61-65-69-77(86)90-70-66-62-58-54-50-47-44-41-38-36-34-32-30-28-26-24-22-20-18-19-21-23-25-27-29-31-33-35-37-39-42-45-48-52-56-60-64-68-76(85)82-73(74(84)67-63-59-55-51-12-10-8-6-4-2)72-91-81-80(89)79(88)78(87)75(71-83)92-81/h16-18,20,24,26,63,67,73-75,78-81,83-84,87-89H,3-15,19,21-23,25,27-62,64-66,68-72H2,1-2H3,(H,82,85)/b17-16-,20-18-,26-24-,67-63+. The molecule has 0 aromatic heterocycles. The van der Waals surface area contributed by atoms with Gasteiger partial charge in [-0.15, -0.1) is 0 Å². The van der Waals surface area contributed by atoms with E-state index in [-0.39, 0.29) is 18.5 Å². The Bertz CT molecular complexity index is 1670. The van der Waals surface area contributed by atoms with Gasteiger partial charge in [0, 0.05) is 12.8 Å². The molecule has 1 aliphatic rings. The van der Waals surface area contributed by atoms with E-state index in [4.69, 9.17) is 14.2 Å². The Morgan fingerprint density at radius 3 is 1.11 bits per heavy atom. The van der Waals surface area contributed by atoms with Gasteiger partial charge in [-0.2, -0.15) is 0 Å². The summed E-state index contributed by atoms with van der Waals surface area (Å²) in [5, 5.41) is 54.3. The third-order valence-electron chi connectivity index (χ3n) is 18.9. The highest BCUT2D eigenvalue weighted by atomic mass is 16.7. The molecule has 0 bridgehead atoms. The van der Waals surface area contributed by atoms with Crippen LogP contribution in [0.25, 0.3) is 0 Å². The summed E-state index contributed by atoms with van der Waals surface area (Å²) in [6.45, 7) is 4.35. The highest BCUT2D eigenvalue weighted by molar-refractivity contribution is 5.76. The van der Waals surface area contributed by atoms with E-state index in [1.54, 1.807) is 6.08 Å². The molecule has 1 amide bonds. The Morgan fingerprint density at radius 2 is 0.728 bits per heavy atom. The Morgan fingerprint density at radius 1 is 0.402 bits per heavy atom. The number of unbranched alkanes of at least 4 members (excludes halogenated alkanes) is 51. The molecule has 0 aromatic carbocycles. The second-order valence-corrected chi connectivity index (χ2v) is 27.8. The number of rotatable bonds is 71. The Balaban J connectivity index is 1.86. The third-order valence-corrected chi connectivity index (χ3v) is 18.9. The van der Waals surface area contributed by atoms with Crippen molar-refractivity contribution in [3.8, 4) is 0 Å². The van der Waals surface area contributed by atoms with E-state index in [1.165, 1.54) is 302 Å². The van der Waals surface area contributed by atoms with Crippen LogP contribution in [0, 0.1) is 0 Å². The maximum Gasteiger partial charge on any atom is 0.305 e. The molecule has 1 saturated heterocycles. The number of amides is 1. The van der Waals surface area contributed by atoms with Crippen molar-refractivity contribution in [1.29, 1.82) is 0 Å². The minimum Gasteiger partial charge on any atom is -0.466 e. The summed E-state index contributed by atoms with van der Waals surface area (Å²) < 4.78 is 16.7. The fourth-order valence-electron chi connectivity index (χ4n) is 12.6. The summed E-state index contributed by atoms with van der Waals surface area (Å²) in [6, 6.07) is -0.807. The van der Waals surface area contributed by atoms with E-state index < -0.39 is 49.5 Å². The highest BCUT2D eigenvalue weighted by Gasteiger charge is 2.44. The summed E-state index contributed by atoms with van der Waals surface area (Å²) in [7, 11) is 0. The molecule has 1 aliphatic heterocycles. The maximum atomic E-state index is 13.0. The number of carbonyl (C=O) groups excluding carboxylic acids is 2. The summed E-state index contributed by atoms with van der Waals surface area (Å²) in [6.07, 6.45) is 83.1. The first-order valence-electron chi connectivity index (χ1n) is 39.9. The van der Waals surface area contributed by atoms with Gasteiger partial charge < -0.3 is 45.1 Å². The number of hydrogen-bond acceptors (Lipinski definition) is 10. The lowest BCUT2D eigenvalue weighted by molar-refractivity contribution is -0.302. The molecular formula is C81H151NO10. The van der Waals surface area contributed by atoms with Crippen molar-refractivity contribution < 1.29 is 49.3 Å². The zero-order valence-electron chi connectivity index (χ0n) is 60.3. The van der Waals surface area contributed by atoms with Crippen molar-refractivity contribution >= 4 is 11.9 Å². The van der Waals surface area contributed by atoms with Gasteiger partial charge in [-0.05, 0) is 89.9 Å². The lowest BCUT2D eigenvalue weighted by atomic mass is 9.99. The van der Waals surface area contributed by atoms with Crippen LogP contribution in [0.5, 0.6) is 0 Å².